The number of ether oxygens (including phenoxy) is 2. The standard InChI is InChI=1S/C26H27ClN2O4/c1-28-26(31)25(20-7-5-4-6-8-20)29(17-18-9-12-21(27)13-10-18)24(30)16-19-11-14-22(32-2)23(15-19)33-3/h4-15,25H,16-17H2,1-3H3,(H,28,31)/t25-/m1/s1. The number of carbonyl (C=O) groups is 2. The zero-order valence-electron chi connectivity index (χ0n) is 18.9. The monoisotopic (exact) mass is 466 g/mol. The summed E-state index contributed by atoms with van der Waals surface area (Å²) < 4.78 is 10.7. The molecule has 0 radical (unpaired) electrons. The van der Waals surface area contributed by atoms with Crippen molar-refractivity contribution in [1.29, 1.82) is 0 Å². The molecule has 0 saturated heterocycles. The first-order valence-corrected chi connectivity index (χ1v) is 10.9. The Morgan fingerprint density at radius 2 is 1.55 bits per heavy atom. The van der Waals surface area contributed by atoms with Gasteiger partial charge in [0.25, 0.3) is 0 Å². The van der Waals surface area contributed by atoms with Gasteiger partial charge in [-0.1, -0.05) is 60.1 Å². The van der Waals surface area contributed by atoms with Crippen LogP contribution in [0.2, 0.25) is 5.02 Å². The molecule has 2 amide bonds. The molecule has 0 aliphatic carbocycles. The number of nitrogens with zero attached hydrogens (tertiary/aromatic N) is 1. The summed E-state index contributed by atoms with van der Waals surface area (Å²) in [5.74, 6) is 0.655. The van der Waals surface area contributed by atoms with Crippen LogP contribution in [0, 0.1) is 0 Å². The van der Waals surface area contributed by atoms with Crippen molar-refractivity contribution < 1.29 is 19.1 Å². The van der Waals surface area contributed by atoms with Crippen molar-refractivity contribution >= 4 is 23.4 Å². The molecule has 0 spiro atoms. The smallest absolute Gasteiger partial charge is 0.247 e. The van der Waals surface area contributed by atoms with E-state index in [0.717, 1.165) is 16.7 Å². The lowest BCUT2D eigenvalue weighted by atomic mass is 10.0. The lowest BCUT2D eigenvalue weighted by Crippen LogP contribution is -2.43. The summed E-state index contributed by atoms with van der Waals surface area (Å²) in [6.45, 7) is 0.246. The van der Waals surface area contributed by atoms with E-state index in [2.05, 4.69) is 5.32 Å². The van der Waals surface area contributed by atoms with Gasteiger partial charge in [-0.3, -0.25) is 9.59 Å². The first-order chi connectivity index (χ1) is 16.0. The normalized spacial score (nSPS) is 11.4. The molecule has 0 fully saturated rings. The van der Waals surface area contributed by atoms with Crippen LogP contribution in [-0.4, -0.2) is 38.0 Å². The third-order valence-corrected chi connectivity index (χ3v) is 5.56. The highest BCUT2D eigenvalue weighted by molar-refractivity contribution is 6.30. The average molecular weight is 467 g/mol. The van der Waals surface area contributed by atoms with E-state index in [9.17, 15) is 9.59 Å². The minimum absolute atomic E-state index is 0.0915. The highest BCUT2D eigenvalue weighted by atomic mass is 35.5. The lowest BCUT2D eigenvalue weighted by molar-refractivity contribution is -0.141. The lowest BCUT2D eigenvalue weighted by Gasteiger charge is -2.31. The quantitative estimate of drug-likeness (QED) is 0.507. The summed E-state index contributed by atoms with van der Waals surface area (Å²) in [7, 11) is 4.68. The first-order valence-electron chi connectivity index (χ1n) is 10.5. The number of benzene rings is 3. The van der Waals surface area contributed by atoms with Gasteiger partial charge in [0.1, 0.15) is 6.04 Å². The third-order valence-electron chi connectivity index (χ3n) is 5.31. The Labute approximate surface area is 199 Å². The number of hydrogen-bond donors (Lipinski definition) is 1. The summed E-state index contributed by atoms with van der Waals surface area (Å²) in [5, 5.41) is 3.31. The first kappa shape index (κ1) is 24.1. The second-order valence-corrected chi connectivity index (χ2v) is 7.88. The maximum Gasteiger partial charge on any atom is 0.247 e. The van der Waals surface area contributed by atoms with Gasteiger partial charge in [0, 0.05) is 18.6 Å². The zero-order chi connectivity index (χ0) is 23.8. The van der Waals surface area contributed by atoms with E-state index in [1.54, 1.807) is 50.4 Å². The van der Waals surface area contributed by atoms with E-state index in [-0.39, 0.29) is 24.8 Å². The summed E-state index contributed by atoms with van der Waals surface area (Å²) in [5.41, 5.74) is 2.35. The third kappa shape index (κ3) is 6.05. The molecule has 0 aliphatic heterocycles. The van der Waals surface area contributed by atoms with Crippen LogP contribution in [0.1, 0.15) is 22.7 Å². The van der Waals surface area contributed by atoms with Gasteiger partial charge >= 0.3 is 0 Å². The van der Waals surface area contributed by atoms with Crippen LogP contribution in [-0.2, 0) is 22.6 Å². The SMILES string of the molecule is CNC(=O)[C@@H](c1ccccc1)N(Cc1ccc(Cl)cc1)C(=O)Cc1ccc(OC)c(OC)c1. The summed E-state index contributed by atoms with van der Waals surface area (Å²) in [6.07, 6.45) is 0.0915. The Hall–Kier alpha value is -3.51. The van der Waals surface area contributed by atoms with E-state index in [4.69, 9.17) is 21.1 Å². The fraction of sp³-hybridized carbons (Fsp3) is 0.231. The summed E-state index contributed by atoms with van der Waals surface area (Å²) >= 11 is 6.04. The second-order valence-electron chi connectivity index (χ2n) is 7.44. The number of carbonyl (C=O) groups excluding carboxylic acids is 2. The highest BCUT2D eigenvalue weighted by Gasteiger charge is 2.31. The van der Waals surface area contributed by atoms with E-state index in [0.29, 0.717) is 16.5 Å². The van der Waals surface area contributed by atoms with Crippen LogP contribution < -0.4 is 14.8 Å². The molecule has 172 valence electrons. The number of methoxy groups -OCH3 is 2. The van der Waals surface area contributed by atoms with Crippen molar-refractivity contribution in [2.75, 3.05) is 21.3 Å². The van der Waals surface area contributed by atoms with Crippen molar-refractivity contribution in [3.05, 3.63) is 94.5 Å². The topological polar surface area (TPSA) is 67.9 Å². The van der Waals surface area contributed by atoms with Crippen molar-refractivity contribution in [3.8, 4) is 11.5 Å². The molecule has 6 nitrogen and oxygen atoms in total. The molecule has 3 aromatic carbocycles. The minimum Gasteiger partial charge on any atom is -0.493 e. The number of amides is 2. The van der Waals surface area contributed by atoms with Gasteiger partial charge in [-0.15, -0.1) is 0 Å². The van der Waals surface area contributed by atoms with Crippen molar-refractivity contribution in [2.24, 2.45) is 0 Å². The van der Waals surface area contributed by atoms with Gasteiger partial charge in [-0.25, -0.2) is 0 Å². The fourth-order valence-electron chi connectivity index (χ4n) is 3.62. The Kier molecular flexibility index (Phi) is 8.33. The van der Waals surface area contributed by atoms with Gasteiger partial charge in [-0.2, -0.15) is 0 Å². The second kappa shape index (κ2) is 11.4. The molecule has 0 unspecified atom stereocenters. The molecule has 1 atom stereocenters. The molecule has 0 aliphatic rings. The number of rotatable bonds is 9. The van der Waals surface area contributed by atoms with Crippen LogP contribution >= 0.6 is 11.6 Å². The van der Waals surface area contributed by atoms with E-state index >= 15 is 0 Å². The molecule has 3 rings (SSSR count). The maximum atomic E-state index is 13.6. The van der Waals surface area contributed by atoms with Crippen LogP contribution in [0.15, 0.2) is 72.8 Å². The number of halogens is 1. The van der Waals surface area contributed by atoms with Crippen LogP contribution in [0.4, 0.5) is 0 Å². The van der Waals surface area contributed by atoms with Gasteiger partial charge in [0.2, 0.25) is 11.8 Å². The van der Waals surface area contributed by atoms with Crippen LogP contribution in [0.25, 0.3) is 0 Å². The predicted octanol–water partition coefficient (Wildman–Crippen LogP) is 4.42. The van der Waals surface area contributed by atoms with Gasteiger partial charge < -0.3 is 19.7 Å². The molecule has 7 heteroatoms. The number of nitrogens with one attached hydrogen (secondary N) is 1. The Morgan fingerprint density at radius 1 is 0.909 bits per heavy atom. The summed E-state index contributed by atoms with van der Waals surface area (Å²) in [4.78, 5) is 28.2. The Balaban J connectivity index is 1.98. The molecule has 3 aromatic rings. The summed E-state index contributed by atoms with van der Waals surface area (Å²) in [6, 6.07) is 21.1. The molecule has 1 N–H and O–H groups in total. The fourth-order valence-corrected chi connectivity index (χ4v) is 3.75. The molecule has 0 aromatic heterocycles. The van der Waals surface area contributed by atoms with Crippen molar-refractivity contribution in [1.82, 2.24) is 10.2 Å². The molecular weight excluding hydrogens is 440 g/mol. The molecule has 0 bridgehead atoms. The van der Waals surface area contributed by atoms with Gasteiger partial charge in [0.05, 0.1) is 20.6 Å². The molecule has 0 heterocycles. The highest BCUT2D eigenvalue weighted by Crippen LogP contribution is 2.29. The Morgan fingerprint density at radius 3 is 2.15 bits per heavy atom. The van der Waals surface area contributed by atoms with Crippen LogP contribution in [0.3, 0.4) is 0 Å². The largest absolute Gasteiger partial charge is 0.493 e. The van der Waals surface area contributed by atoms with Gasteiger partial charge in [0.15, 0.2) is 11.5 Å². The molecule has 33 heavy (non-hydrogen) atoms. The van der Waals surface area contributed by atoms with Crippen LogP contribution in [0.5, 0.6) is 11.5 Å². The van der Waals surface area contributed by atoms with Crippen molar-refractivity contribution in [2.45, 2.75) is 19.0 Å². The number of hydrogen-bond acceptors (Lipinski definition) is 4. The average Bonchev–Trinajstić information content (AvgIpc) is 2.85. The van der Waals surface area contributed by atoms with Gasteiger partial charge in [-0.05, 0) is 41.0 Å². The van der Waals surface area contributed by atoms with E-state index in [1.165, 1.54) is 0 Å². The maximum absolute atomic E-state index is 13.6. The minimum atomic E-state index is -0.792. The molecular formula is C26H27ClN2O4. The zero-order valence-corrected chi connectivity index (χ0v) is 19.6. The van der Waals surface area contributed by atoms with E-state index in [1.807, 2.05) is 48.5 Å². The van der Waals surface area contributed by atoms with E-state index < -0.39 is 6.04 Å². The van der Waals surface area contributed by atoms with Crippen molar-refractivity contribution in [3.63, 3.8) is 0 Å². The molecule has 0 saturated carbocycles. The Bertz CT molecular complexity index is 1090. The predicted molar refractivity (Wildman–Crippen MR) is 129 cm³/mol. The number of likely N-dealkylation sites (N-methyl/N-ethyl adjacent to an activating group) is 1.